The van der Waals surface area contributed by atoms with Crippen LogP contribution in [0.5, 0.6) is 0 Å². The maximum atomic E-state index is 8.52. The fourth-order valence-electron chi connectivity index (χ4n) is 18.7. The van der Waals surface area contributed by atoms with E-state index in [-0.39, 0.29) is 149 Å². The van der Waals surface area contributed by atoms with Crippen molar-refractivity contribution >= 4 is 0 Å². The van der Waals surface area contributed by atoms with E-state index in [0.717, 1.165) is 11.1 Å². The number of aryl methyl sites for hydroxylation is 4. The quantitative estimate of drug-likeness (QED) is 0.114. The lowest BCUT2D eigenvalue weighted by Crippen LogP contribution is -2.19. The van der Waals surface area contributed by atoms with Gasteiger partial charge in [0.1, 0.15) is 0 Å². The van der Waals surface area contributed by atoms with Crippen LogP contribution in [-0.4, -0.2) is 0 Å². The Morgan fingerprint density at radius 2 is 0.403 bits per heavy atom. The van der Waals surface area contributed by atoms with Gasteiger partial charge in [-0.1, -0.05) is 645 Å². The Morgan fingerprint density at radius 1 is 0.181 bits per heavy atom. The minimum absolute atomic E-state index is 0.0390. The summed E-state index contributed by atoms with van der Waals surface area (Å²) in [6, 6.07) is 99.8. The topological polar surface area (TPSA) is 0 Å². The van der Waals surface area contributed by atoms with E-state index in [1.807, 2.05) is 126 Å². The number of hydrogen-bond acceptors (Lipinski definition) is 0. The predicted molar refractivity (Wildman–Crippen MR) is 663 cm³/mol. The average molecular weight is 2000 g/mol. The van der Waals surface area contributed by atoms with E-state index < -0.39 is 36.3 Å². The summed E-state index contributed by atoms with van der Waals surface area (Å²) in [6.07, 6.45) is -2.96. The van der Waals surface area contributed by atoms with Gasteiger partial charge in [0.05, 0.1) is 19.2 Å². The molecule has 0 N–H and O–H groups in total. The van der Waals surface area contributed by atoms with E-state index in [4.69, 9.17) is 24.7 Å². The Hall–Kier alpha value is -12.5. The van der Waals surface area contributed by atoms with Crippen LogP contribution in [0.4, 0.5) is 0 Å². The van der Waals surface area contributed by atoms with Crippen molar-refractivity contribution in [1.29, 1.82) is 0 Å². The average Bonchev–Trinajstić information content (AvgIpc) is 0.732. The molecular formula is C149H186. The summed E-state index contributed by atoms with van der Waals surface area (Å²) >= 11 is 0. The van der Waals surface area contributed by atoms with Crippen LogP contribution in [0.15, 0.2) is 382 Å². The molecule has 16 rings (SSSR count). The van der Waals surface area contributed by atoms with Gasteiger partial charge in [-0.05, 0) is 269 Å². The van der Waals surface area contributed by atoms with Crippen molar-refractivity contribution in [3.8, 4) is 89.0 Å². The summed E-state index contributed by atoms with van der Waals surface area (Å²) in [5.41, 5.74) is 34.3. The maximum absolute atomic E-state index is 8.52. The molecular weight excluding hydrogens is 1790 g/mol. The third kappa shape index (κ3) is 35.9. The standard InChI is InChI=1S/C30H38.C23H24.C22H22.C18H30.2C16H18.2C12H18/c1-28(2,3)23-17-13-21(14-18-23)25-11-10-12-26(27(25)30(7,8)9)22-15-19-24(20-16-22)29(4,5)6;1-17-13-15-19(16-14-17)21-12-8-11-20(22(21)23(2,3)4)18-9-6-5-7-10-18;1-22(2,3)21-19(17-11-6-4-7-12-17)15-10-16-20(21)18-13-8-5-9-14-18;1-13(2)11-15-9-8-10-16(12-14(3)4)17(15)18(5,6)7;2*1-16(2,3)15-12-8-7-11-14(15)13-9-5-4-6-10-13;2*1-9-6-10(2)8-11(7-9)12(3,4)5/h10-20H,1-9H3;5-16H,1-4H3;4-16H,1-3H3;8-10,13-14H,11-12H2,1-7H3;2*4-12H,1-3H3;2*6-8H,1-5H3/i;5D,6D,7D,9D,10D,13D,14D,15D,16D;;11D2,12D2;4D,5D,6D,9D,10D;;;. The lowest BCUT2D eigenvalue weighted by atomic mass is 9.76. The molecule has 0 amide bonds. The first-order valence-electron chi connectivity index (χ1n) is 62.4. The molecule has 16 aromatic rings. The van der Waals surface area contributed by atoms with E-state index in [1.54, 1.807) is 24.3 Å². The van der Waals surface area contributed by atoms with Gasteiger partial charge in [0.25, 0.3) is 0 Å². The van der Waals surface area contributed by atoms with Gasteiger partial charge in [0, 0.05) is 5.48 Å². The van der Waals surface area contributed by atoms with Gasteiger partial charge in [0.15, 0.2) is 0 Å². The smallest absolute Gasteiger partial charge is 0.0625 e. The Labute approximate surface area is 933 Å². The molecule has 16 aromatic carbocycles. The van der Waals surface area contributed by atoms with Crippen molar-refractivity contribution in [2.45, 2.75) is 337 Å². The highest BCUT2D eigenvalue weighted by atomic mass is 14.3. The van der Waals surface area contributed by atoms with E-state index in [0.29, 0.717) is 33.4 Å². The van der Waals surface area contributed by atoms with Crippen LogP contribution >= 0.6 is 0 Å². The van der Waals surface area contributed by atoms with Crippen LogP contribution < -0.4 is 0 Å². The zero-order valence-corrected chi connectivity index (χ0v) is 97.9. The van der Waals surface area contributed by atoms with Gasteiger partial charge in [-0.2, -0.15) is 0 Å². The predicted octanol–water partition coefficient (Wildman–Crippen LogP) is 43.7. The molecule has 0 aromatic heterocycles. The maximum Gasteiger partial charge on any atom is 0.0629 e. The molecule has 0 aliphatic rings. The minimum Gasteiger partial charge on any atom is -0.0625 e. The van der Waals surface area contributed by atoms with E-state index in [2.05, 4.69) is 410 Å². The second kappa shape index (κ2) is 51.8. The Balaban J connectivity index is 0.000000214. The molecule has 0 spiro atoms. The zero-order chi connectivity index (χ0) is 126. The first kappa shape index (κ1) is 94.9. The van der Waals surface area contributed by atoms with Crippen LogP contribution in [0, 0.1) is 46.5 Å². The highest BCUT2D eigenvalue weighted by Crippen LogP contribution is 2.46. The highest BCUT2D eigenvalue weighted by molar-refractivity contribution is 5.84. The molecule has 0 saturated heterocycles. The third-order valence-corrected chi connectivity index (χ3v) is 25.7. The molecule has 0 bridgehead atoms. The monoisotopic (exact) mass is 1990 g/mol. The summed E-state index contributed by atoms with van der Waals surface area (Å²) < 4.78 is 148. The van der Waals surface area contributed by atoms with Crippen LogP contribution in [-0.2, 0) is 66.9 Å². The Kier molecular flexibility index (Phi) is 33.0. The molecule has 0 nitrogen and oxygen atoms in total. The molecule has 0 saturated carbocycles. The largest absolute Gasteiger partial charge is 0.0629 e. The fourth-order valence-corrected chi connectivity index (χ4v) is 18.7. The van der Waals surface area contributed by atoms with Gasteiger partial charge >= 0.3 is 0 Å². The highest BCUT2D eigenvalue weighted by Gasteiger charge is 2.30. The van der Waals surface area contributed by atoms with Crippen LogP contribution in [0.1, 0.15) is 355 Å². The van der Waals surface area contributed by atoms with Crippen molar-refractivity contribution in [3.63, 3.8) is 0 Å². The molecule has 149 heavy (non-hydrogen) atoms. The number of rotatable bonds is 12. The molecule has 782 valence electrons. The molecule has 0 unspecified atom stereocenters. The summed E-state index contributed by atoms with van der Waals surface area (Å²) in [5, 5.41) is 0. The second-order valence-electron chi connectivity index (χ2n) is 50.6. The fraction of sp³-hybridized carbons (Fsp3) is 0.356. The molecule has 0 heteroatoms. The normalized spacial score (nSPS) is 13.8. The van der Waals surface area contributed by atoms with Gasteiger partial charge in [-0.3, -0.25) is 0 Å². The van der Waals surface area contributed by atoms with Crippen molar-refractivity contribution in [2.75, 3.05) is 0 Å². The molecule has 0 heterocycles. The summed E-state index contributed by atoms with van der Waals surface area (Å²) in [4.78, 5) is 0. The number of hydrogen-bond donors (Lipinski definition) is 0. The lowest BCUT2D eigenvalue weighted by molar-refractivity contribution is 0.548. The van der Waals surface area contributed by atoms with Gasteiger partial charge in [-0.25, -0.2) is 0 Å². The van der Waals surface area contributed by atoms with Crippen molar-refractivity contribution in [2.24, 2.45) is 11.8 Å². The summed E-state index contributed by atoms with van der Waals surface area (Å²) in [6.45, 7) is 83.3. The molecule has 0 aliphatic carbocycles. The van der Waals surface area contributed by atoms with Crippen molar-refractivity contribution in [1.82, 2.24) is 0 Å². The van der Waals surface area contributed by atoms with Crippen LogP contribution in [0.3, 0.4) is 0 Å². The molecule has 0 aliphatic heterocycles. The third-order valence-electron chi connectivity index (χ3n) is 25.7. The van der Waals surface area contributed by atoms with E-state index >= 15 is 0 Å². The molecule has 0 atom stereocenters. The van der Waals surface area contributed by atoms with Gasteiger partial charge < -0.3 is 0 Å². The lowest BCUT2D eigenvalue weighted by Gasteiger charge is -2.28. The van der Waals surface area contributed by atoms with Crippen molar-refractivity contribution in [3.05, 3.63) is 476 Å². The van der Waals surface area contributed by atoms with E-state index in [9.17, 15) is 0 Å². The van der Waals surface area contributed by atoms with Crippen molar-refractivity contribution < 1.29 is 24.7 Å². The van der Waals surface area contributed by atoms with Gasteiger partial charge in [-0.15, -0.1) is 0 Å². The zero-order valence-electron chi connectivity index (χ0n) is 116. The molecule has 0 fully saturated rings. The summed E-state index contributed by atoms with van der Waals surface area (Å²) in [5.74, 6) is -0.345. The van der Waals surface area contributed by atoms with E-state index in [1.165, 1.54) is 124 Å². The van der Waals surface area contributed by atoms with Crippen LogP contribution in [0.2, 0.25) is 0 Å². The SMILES string of the molecule is CC(C)(C)c1c(-c2ccccc2)cccc1-c1ccccc1.CC(C)(C)c1ccc(-c2cccc(-c3ccc(C(C)(C)C)cc3)c2C(C)(C)C)cc1.CC(C)(C)c1ccccc1-c1ccccc1.Cc1cc(C)cc(C(C)(C)C)c1.Cc1cc(C)cc(C(C)(C)C)c1.[2H]C([2H])(c1cccc(C([2H])([2H])C(C)C)c1C(C)(C)C)C(C)C.[2H]c1c([2H])c([2H])c(-c2cccc(-c3c([2H])c([2H])c(C)c([2H])c3[2H])c2C(C)(C)C)c([2H])c1[2H].[2H]c1c([2H])c([2H])c(-c2ccccc2C(C)(C)C)c([2H])c1[2H]. The first-order valence-corrected chi connectivity index (χ1v) is 53.4. The van der Waals surface area contributed by atoms with Crippen LogP contribution in [0.25, 0.3) is 89.0 Å². The minimum atomic E-state index is -1.48. The number of benzene rings is 16. The van der Waals surface area contributed by atoms with Gasteiger partial charge in [0.2, 0.25) is 0 Å². The Bertz CT molecular complexity index is 7530. The molecule has 0 radical (unpaired) electrons. The second-order valence-corrected chi connectivity index (χ2v) is 50.6. The summed E-state index contributed by atoms with van der Waals surface area (Å²) in [7, 11) is 0. The Morgan fingerprint density at radius 3 is 0.664 bits per heavy atom. The first-order chi connectivity index (χ1) is 76.8.